The summed E-state index contributed by atoms with van der Waals surface area (Å²) in [7, 11) is 0. The molecule has 1 unspecified atom stereocenters. The first-order valence-electron chi connectivity index (χ1n) is 7.22. The molecule has 2 aromatic rings. The number of hydrazine groups is 1. The molecule has 4 heteroatoms. The Morgan fingerprint density at radius 3 is 2.62 bits per heavy atom. The molecule has 0 saturated heterocycles. The number of halogens is 1. The van der Waals surface area contributed by atoms with Crippen molar-refractivity contribution in [2.45, 2.75) is 31.4 Å². The summed E-state index contributed by atoms with van der Waals surface area (Å²) < 4.78 is 6.94. The molecule has 1 atom stereocenters. The van der Waals surface area contributed by atoms with Crippen molar-refractivity contribution < 1.29 is 4.74 Å². The van der Waals surface area contributed by atoms with E-state index in [0.717, 1.165) is 22.2 Å². The lowest BCUT2D eigenvalue weighted by atomic mass is 9.99. The maximum atomic E-state index is 5.85. The van der Waals surface area contributed by atoms with Crippen LogP contribution in [-0.4, -0.2) is 6.10 Å². The van der Waals surface area contributed by atoms with Gasteiger partial charge in [-0.2, -0.15) is 0 Å². The van der Waals surface area contributed by atoms with Crippen molar-refractivity contribution in [3.63, 3.8) is 0 Å². The molecule has 1 aliphatic rings. The van der Waals surface area contributed by atoms with Gasteiger partial charge >= 0.3 is 0 Å². The van der Waals surface area contributed by atoms with Gasteiger partial charge in [0.05, 0.1) is 12.1 Å². The lowest BCUT2D eigenvalue weighted by Gasteiger charge is -2.17. The Morgan fingerprint density at radius 2 is 1.95 bits per heavy atom. The van der Waals surface area contributed by atoms with Crippen LogP contribution in [0.4, 0.5) is 0 Å². The van der Waals surface area contributed by atoms with Gasteiger partial charge in [-0.3, -0.25) is 11.3 Å². The third kappa shape index (κ3) is 4.06. The minimum atomic E-state index is 0.0777. The highest BCUT2D eigenvalue weighted by molar-refractivity contribution is 9.10. The van der Waals surface area contributed by atoms with E-state index in [1.165, 1.54) is 18.4 Å². The van der Waals surface area contributed by atoms with Crippen LogP contribution in [0.5, 0.6) is 5.75 Å². The van der Waals surface area contributed by atoms with E-state index in [0.29, 0.717) is 6.10 Å². The minimum absolute atomic E-state index is 0.0777. The number of benzene rings is 2. The molecule has 2 aromatic carbocycles. The topological polar surface area (TPSA) is 47.3 Å². The van der Waals surface area contributed by atoms with Gasteiger partial charge < -0.3 is 4.74 Å². The zero-order valence-corrected chi connectivity index (χ0v) is 13.3. The standard InChI is InChI=1S/C17H19BrN2O/c18-14-6-4-12(5-7-14)10-17(20-19)13-2-1-3-16(11-13)21-15-8-9-15/h1-7,11,15,17,20H,8-10,19H2. The second kappa shape index (κ2) is 6.60. The fraction of sp³-hybridized carbons (Fsp3) is 0.294. The van der Waals surface area contributed by atoms with Crippen LogP contribution in [-0.2, 0) is 6.42 Å². The van der Waals surface area contributed by atoms with Gasteiger partial charge in [0.15, 0.2) is 0 Å². The van der Waals surface area contributed by atoms with Crippen molar-refractivity contribution in [3.05, 3.63) is 64.1 Å². The van der Waals surface area contributed by atoms with Crippen LogP contribution in [0.25, 0.3) is 0 Å². The summed E-state index contributed by atoms with van der Waals surface area (Å²) in [6, 6.07) is 16.6. The summed E-state index contributed by atoms with van der Waals surface area (Å²) in [5, 5.41) is 0. The summed E-state index contributed by atoms with van der Waals surface area (Å²) in [6.07, 6.45) is 3.59. The second-order valence-electron chi connectivity index (χ2n) is 5.44. The second-order valence-corrected chi connectivity index (χ2v) is 6.36. The lowest BCUT2D eigenvalue weighted by molar-refractivity contribution is 0.302. The molecule has 0 aromatic heterocycles. The molecule has 0 spiro atoms. The van der Waals surface area contributed by atoms with E-state index in [4.69, 9.17) is 10.6 Å². The normalized spacial score (nSPS) is 15.7. The Balaban J connectivity index is 1.73. The molecule has 0 aliphatic heterocycles. The molecule has 3 N–H and O–H groups in total. The molecule has 0 heterocycles. The molecule has 3 rings (SSSR count). The van der Waals surface area contributed by atoms with Crippen LogP contribution >= 0.6 is 15.9 Å². The highest BCUT2D eigenvalue weighted by Crippen LogP contribution is 2.29. The Morgan fingerprint density at radius 1 is 1.19 bits per heavy atom. The zero-order valence-electron chi connectivity index (χ0n) is 11.8. The van der Waals surface area contributed by atoms with Crippen LogP contribution in [0, 0.1) is 0 Å². The van der Waals surface area contributed by atoms with Crippen molar-refractivity contribution in [1.29, 1.82) is 0 Å². The van der Waals surface area contributed by atoms with Crippen LogP contribution < -0.4 is 16.0 Å². The Kier molecular flexibility index (Phi) is 4.58. The maximum absolute atomic E-state index is 5.85. The zero-order chi connectivity index (χ0) is 14.7. The highest BCUT2D eigenvalue weighted by atomic mass is 79.9. The highest BCUT2D eigenvalue weighted by Gasteiger charge is 2.23. The number of nitrogens with one attached hydrogen (secondary N) is 1. The Hall–Kier alpha value is -1.36. The quantitative estimate of drug-likeness (QED) is 0.618. The predicted molar refractivity (Wildman–Crippen MR) is 88.0 cm³/mol. The summed E-state index contributed by atoms with van der Waals surface area (Å²) in [5.74, 6) is 6.68. The van der Waals surface area contributed by atoms with E-state index in [1.807, 2.05) is 12.1 Å². The molecule has 1 saturated carbocycles. The summed E-state index contributed by atoms with van der Waals surface area (Å²) in [6.45, 7) is 0. The number of hydrogen-bond acceptors (Lipinski definition) is 3. The van der Waals surface area contributed by atoms with Gasteiger partial charge in [0.1, 0.15) is 5.75 Å². The van der Waals surface area contributed by atoms with Gasteiger partial charge in [-0.1, -0.05) is 40.2 Å². The monoisotopic (exact) mass is 346 g/mol. The van der Waals surface area contributed by atoms with Gasteiger partial charge in [0.25, 0.3) is 0 Å². The van der Waals surface area contributed by atoms with E-state index in [9.17, 15) is 0 Å². The Labute approximate surface area is 133 Å². The fourth-order valence-electron chi connectivity index (χ4n) is 2.31. The smallest absolute Gasteiger partial charge is 0.120 e. The minimum Gasteiger partial charge on any atom is -0.490 e. The van der Waals surface area contributed by atoms with Gasteiger partial charge in [-0.25, -0.2) is 0 Å². The molecular weight excluding hydrogens is 328 g/mol. The average molecular weight is 347 g/mol. The molecule has 3 nitrogen and oxygen atoms in total. The molecule has 1 fully saturated rings. The SMILES string of the molecule is NNC(Cc1ccc(Br)cc1)c1cccc(OC2CC2)c1. The van der Waals surface area contributed by atoms with E-state index in [1.54, 1.807) is 0 Å². The fourth-order valence-corrected chi connectivity index (χ4v) is 2.58. The van der Waals surface area contributed by atoms with Gasteiger partial charge in [-0.05, 0) is 54.7 Å². The number of ether oxygens (including phenoxy) is 1. The molecule has 0 bridgehead atoms. The Bertz CT molecular complexity index is 596. The largest absolute Gasteiger partial charge is 0.490 e. The van der Waals surface area contributed by atoms with E-state index >= 15 is 0 Å². The molecule has 1 aliphatic carbocycles. The molecule has 110 valence electrons. The van der Waals surface area contributed by atoms with Crippen molar-refractivity contribution in [2.75, 3.05) is 0 Å². The van der Waals surface area contributed by atoms with Gasteiger partial charge in [0.2, 0.25) is 0 Å². The third-order valence-electron chi connectivity index (χ3n) is 3.64. The van der Waals surface area contributed by atoms with Crippen molar-refractivity contribution in [3.8, 4) is 5.75 Å². The van der Waals surface area contributed by atoms with Crippen LogP contribution in [0.1, 0.15) is 30.0 Å². The first-order chi connectivity index (χ1) is 10.2. The van der Waals surface area contributed by atoms with Gasteiger partial charge in [-0.15, -0.1) is 0 Å². The van der Waals surface area contributed by atoms with E-state index in [-0.39, 0.29) is 6.04 Å². The number of rotatable bonds is 6. The van der Waals surface area contributed by atoms with Crippen molar-refractivity contribution >= 4 is 15.9 Å². The van der Waals surface area contributed by atoms with Crippen LogP contribution in [0.15, 0.2) is 53.0 Å². The lowest BCUT2D eigenvalue weighted by Crippen LogP contribution is -2.29. The first-order valence-corrected chi connectivity index (χ1v) is 8.01. The van der Waals surface area contributed by atoms with Crippen LogP contribution in [0.2, 0.25) is 0 Å². The number of nitrogens with two attached hydrogens (primary N) is 1. The van der Waals surface area contributed by atoms with Gasteiger partial charge in [0, 0.05) is 4.47 Å². The maximum Gasteiger partial charge on any atom is 0.120 e. The summed E-state index contributed by atoms with van der Waals surface area (Å²) in [5.41, 5.74) is 5.31. The molecule has 0 amide bonds. The van der Waals surface area contributed by atoms with E-state index < -0.39 is 0 Å². The third-order valence-corrected chi connectivity index (χ3v) is 4.17. The molecular formula is C17H19BrN2O. The van der Waals surface area contributed by atoms with Crippen LogP contribution in [0.3, 0.4) is 0 Å². The summed E-state index contributed by atoms with van der Waals surface area (Å²) in [4.78, 5) is 0. The molecule has 21 heavy (non-hydrogen) atoms. The van der Waals surface area contributed by atoms with E-state index in [2.05, 4.69) is 57.8 Å². The average Bonchev–Trinajstić information content (AvgIpc) is 3.31. The van der Waals surface area contributed by atoms with Crippen molar-refractivity contribution in [1.82, 2.24) is 5.43 Å². The molecule has 0 radical (unpaired) electrons. The first kappa shape index (κ1) is 14.6. The number of hydrogen-bond donors (Lipinski definition) is 2. The van der Waals surface area contributed by atoms with Crippen molar-refractivity contribution in [2.24, 2.45) is 5.84 Å². The predicted octanol–water partition coefficient (Wildman–Crippen LogP) is 3.74. The summed E-state index contributed by atoms with van der Waals surface area (Å²) >= 11 is 3.46.